The Morgan fingerprint density at radius 3 is 3.05 bits per heavy atom. The number of likely N-dealkylation sites (tertiary alicyclic amines) is 1. The van der Waals surface area contributed by atoms with Crippen LogP contribution in [-0.4, -0.2) is 43.8 Å². The molecule has 1 fully saturated rings. The second-order valence-electron chi connectivity index (χ2n) is 5.27. The molecule has 2 N–H and O–H groups in total. The standard InChI is InChI=1S/C15H24N2O2/c1-16-9-12-5-4-8-17(10-12)11-13-6-3-7-14(19-2)15(13)18/h3,6-7,12,16,18H,4-5,8-11H2,1-2H3. The summed E-state index contributed by atoms with van der Waals surface area (Å²) in [4.78, 5) is 2.42. The molecule has 0 saturated carbocycles. The van der Waals surface area contributed by atoms with E-state index in [1.807, 2.05) is 19.2 Å². The molecular formula is C15H24N2O2. The molecular weight excluding hydrogens is 240 g/mol. The second kappa shape index (κ2) is 6.78. The molecule has 0 aromatic heterocycles. The molecule has 1 heterocycles. The third-order valence-electron chi connectivity index (χ3n) is 3.79. The highest BCUT2D eigenvalue weighted by Crippen LogP contribution is 2.31. The van der Waals surface area contributed by atoms with E-state index in [-0.39, 0.29) is 5.75 Å². The number of methoxy groups -OCH3 is 1. The zero-order chi connectivity index (χ0) is 13.7. The summed E-state index contributed by atoms with van der Waals surface area (Å²) in [7, 11) is 3.59. The lowest BCUT2D eigenvalue weighted by Gasteiger charge is -2.32. The van der Waals surface area contributed by atoms with Crippen LogP contribution in [0.2, 0.25) is 0 Å². The first kappa shape index (κ1) is 14.2. The van der Waals surface area contributed by atoms with Gasteiger partial charge in [-0.2, -0.15) is 0 Å². The average Bonchev–Trinajstić information content (AvgIpc) is 2.42. The second-order valence-corrected chi connectivity index (χ2v) is 5.27. The molecule has 0 aliphatic carbocycles. The Hall–Kier alpha value is -1.26. The van der Waals surface area contributed by atoms with Crippen LogP contribution in [0.15, 0.2) is 18.2 Å². The van der Waals surface area contributed by atoms with Gasteiger partial charge in [0, 0.05) is 18.7 Å². The van der Waals surface area contributed by atoms with E-state index in [1.165, 1.54) is 12.8 Å². The van der Waals surface area contributed by atoms with Gasteiger partial charge in [0.15, 0.2) is 11.5 Å². The molecule has 106 valence electrons. The number of nitrogens with one attached hydrogen (secondary N) is 1. The minimum Gasteiger partial charge on any atom is -0.504 e. The molecule has 0 spiro atoms. The number of hydrogen-bond acceptors (Lipinski definition) is 4. The summed E-state index contributed by atoms with van der Waals surface area (Å²) in [6.07, 6.45) is 2.53. The van der Waals surface area contributed by atoms with Gasteiger partial charge in [-0.1, -0.05) is 12.1 Å². The van der Waals surface area contributed by atoms with Crippen molar-refractivity contribution < 1.29 is 9.84 Å². The van der Waals surface area contributed by atoms with E-state index in [9.17, 15) is 5.11 Å². The predicted octanol–water partition coefficient (Wildman–Crippen LogP) is 1.83. The van der Waals surface area contributed by atoms with Gasteiger partial charge in [-0.05, 0) is 45.0 Å². The van der Waals surface area contributed by atoms with Gasteiger partial charge in [-0.3, -0.25) is 4.90 Å². The molecule has 0 amide bonds. The zero-order valence-electron chi connectivity index (χ0n) is 11.9. The van der Waals surface area contributed by atoms with Crippen LogP contribution in [0.25, 0.3) is 0 Å². The molecule has 4 heteroatoms. The maximum Gasteiger partial charge on any atom is 0.162 e. The van der Waals surface area contributed by atoms with Gasteiger partial charge >= 0.3 is 0 Å². The van der Waals surface area contributed by atoms with Crippen LogP contribution >= 0.6 is 0 Å². The van der Waals surface area contributed by atoms with Gasteiger partial charge in [0.2, 0.25) is 0 Å². The van der Waals surface area contributed by atoms with E-state index in [4.69, 9.17) is 4.74 Å². The molecule has 1 aromatic carbocycles. The monoisotopic (exact) mass is 264 g/mol. The normalized spacial score (nSPS) is 20.4. The van der Waals surface area contributed by atoms with Gasteiger partial charge in [0.05, 0.1) is 7.11 Å². The molecule has 2 rings (SSSR count). The summed E-state index contributed by atoms with van der Waals surface area (Å²) in [6.45, 7) is 4.07. The van der Waals surface area contributed by atoms with E-state index < -0.39 is 0 Å². The van der Waals surface area contributed by atoms with Crippen molar-refractivity contribution in [2.45, 2.75) is 19.4 Å². The van der Waals surface area contributed by atoms with Crippen LogP contribution in [0.1, 0.15) is 18.4 Å². The van der Waals surface area contributed by atoms with Crippen molar-refractivity contribution in [3.05, 3.63) is 23.8 Å². The predicted molar refractivity (Wildman–Crippen MR) is 76.6 cm³/mol. The number of aromatic hydroxyl groups is 1. The number of para-hydroxylation sites is 1. The smallest absolute Gasteiger partial charge is 0.162 e. The third-order valence-corrected chi connectivity index (χ3v) is 3.79. The highest BCUT2D eigenvalue weighted by Gasteiger charge is 2.20. The van der Waals surface area contributed by atoms with E-state index in [2.05, 4.69) is 10.2 Å². The summed E-state index contributed by atoms with van der Waals surface area (Å²) in [5, 5.41) is 13.4. The van der Waals surface area contributed by atoms with Gasteiger partial charge in [0.25, 0.3) is 0 Å². The first-order valence-corrected chi connectivity index (χ1v) is 6.96. The van der Waals surface area contributed by atoms with Crippen molar-refractivity contribution in [3.8, 4) is 11.5 Å². The Kier molecular flexibility index (Phi) is 5.05. The molecule has 1 unspecified atom stereocenters. The summed E-state index contributed by atoms with van der Waals surface area (Å²) in [5.41, 5.74) is 0.949. The number of benzene rings is 1. The number of ether oxygens (including phenoxy) is 1. The number of piperidine rings is 1. The van der Waals surface area contributed by atoms with Gasteiger partial charge in [-0.15, -0.1) is 0 Å². The Labute approximate surface area is 115 Å². The number of phenolic OH excluding ortho intramolecular Hbond substituents is 1. The van der Waals surface area contributed by atoms with Crippen LogP contribution in [0.5, 0.6) is 11.5 Å². The van der Waals surface area contributed by atoms with Crippen LogP contribution in [-0.2, 0) is 6.54 Å². The minimum atomic E-state index is 0.278. The Bertz CT molecular complexity index is 407. The summed E-state index contributed by atoms with van der Waals surface area (Å²) < 4.78 is 5.16. The van der Waals surface area contributed by atoms with Crippen molar-refractivity contribution >= 4 is 0 Å². The van der Waals surface area contributed by atoms with E-state index in [0.717, 1.165) is 31.7 Å². The molecule has 0 radical (unpaired) electrons. The maximum absolute atomic E-state index is 10.1. The van der Waals surface area contributed by atoms with Crippen molar-refractivity contribution in [1.82, 2.24) is 10.2 Å². The van der Waals surface area contributed by atoms with Crippen molar-refractivity contribution in [2.75, 3.05) is 33.8 Å². The van der Waals surface area contributed by atoms with Crippen LogP contribution in [0.3, 0.4) is 0 Å². The lowest BCUT2D eigenvalue weighted by Crippen LogP contribution is -2.38. The lowest BCUT2D eigenvalue weighted by molar-refractivity contribution is 0.165. The molecule has 1 saturated heterocycles. The highest BCUT2D eigenvalue weighted by atomic mass is 16.5. The quantitative estimate of drug-likeness (QED) is 0.851. The minimum absolute atomic E-state index is 0.278. The van der Waals surface area contributed by atoms with Crippen LogP contribution in [0, 0.1) is 5.92 Å². The molecule has 1 aliphatic rings. The van der Waals surface area contributed by atoms with Gasteiger partial charge < -0.3 is 15.2 Å². The molecule has 4 nitrogen and oxygen atoms in total. The average molecular weight is 264 g/mol. The number of hydrogen-bond donors (Lipinski definition) is 2. The Balaban J connectivity index is 2.00. The fourth-order valence-corrected chi connectivity index (χ4v) is 2.85. The molecule has 1 aromatic rings. The first-order valence-electron chi connectivity index (χ1n) is 6.96. The molecule has 19 heavy (non-hydrogen) atoms. The SMILES string of the molecule is CNCC1CCCN(Cc2cccc(OC)c2O)C1. The van der Waals surface area contributed by atoms with E-state index in [1.54, 1.807) is 13.2 Å². The Morgan fingerprint density at radius 2 is 2.32 bits per heavy atom. The lowest BCUT2D eigenvalue weighted by atomic mass is 9.97. The number of phenols is 1. The van der Waals surface area contributed by atoms with Crippen molar-refractivity contribution in [2.24, 2.45) is 5.92 Å². The summed E-state index contributed by atoms with van der Waals surface area (Å²) >= 11 is 0. The van der Waals surface area contributed by atoms with Crippen molar-refractivity contribution in [1.29, 1.82) is 0 Å². The van der Waals surface area contributed by atoms with E-state index in [0.29, 0.717) is 11.7 Å². The molecule has 1 aliphatic heterocycles. The summed E-state index contributed by atoms with van der Waals surface area (Å²) in [5.74, 6) is 1.55. The first-order chi connectivity index (χ1) is 9.24. The molecule has 0 bridgehead atoms. The molecule has 1 atom stereocenters. The van der Waals surface area contributed by atoms with Gasteiger partial charge in [0.1, 0.15) is 0 Å². The van der Waals surface area contributed by atoms with E-state index >= 15 is 0 Å². The van der Waals surface area contributed by atoms with Crippen LogP contribution < -0.4 is 10.1 Å². The third kappa shape index (κ3) is 3.61. The summed E-state index contributed by atoms with van der Waals surface area (Å²) in [6, 6.07) is 5.70. The topological polar surface area (TPSA) is 44.7 Å². The fraction of sp³-hybridized carbons (Fsp3) is 0.600. The number of nitrogens with zero attached hydrogens (tertiary/aromatic N) is 1. The van der Waals surface area contributed by atoms with Crippen LogP contribution in [0.4, 0.5) is 0 Å². The fourth-order valence-electron chi connectivity index (χ4n) is 2.85. The zero-order valence-corrected chi connectivity index (χ0v) is 11.9. The van der Waals surface area contributed by atoms with Crippen molar-refractivity contribution in [3.63, 3.8) is 0 Å². The van der Waals surface area contributed by atoms with Gasteiger partial charge in [-0.25, -0.2) is 0 Å². The maximum atomic E-state index is 10.1. The highest BCUT2D eigenvalue weighted by molar-refractivity contribution is 5.45. The Morgan fingerprint density at radius 1 is 1.47 bits per heavy atom. The largest absolute Gasteiger partial charge is 0.504 e. The number of rotatable bonds is 5.